The molecule has 0 unspecified atom stereocenters. The Morgan fingerprint density at radius 1 is 1.59 bits per heavy atom. The van der Waals surface area contributed by atoms with Crippen LogP contribution in [0.2, 0.25) is 0 Å². The van der Waals surface area contributed by atoms with Crippen LogP contribution in [0.5, 0.6) is 0 Å². The van der Waals surface area contributed by atoms with Gasteiger partial charge < -0.3 is 14.5 Å². The fraction of sp³-hybridized carbons (Fsp3) is 0.500. The Morgan fingerprint density at radius 2 is 2.45 bits per heavy atom. The number of thiophene rings is 1. The van der Waals surface area contributed by atoms with Crippen LogP contribution in [0.4, 0.5) is 0 Å². The Hall–Kier alpha value is -1.66. The van der Waals surface area contributed by atoms with E-state index in [0.29, 0.717) is 17.3 Å². The van der Waals surface area contributed by atoms with Gasteiger partial charge in [-0.25, -0.2) is 4.98 Å². The summed E-state index contributed by atoms with van der Waals surface area (Å²) >= 11 is 1.57. The summed E-state index contributed by atoms with van der Waals surface area (Å²) in [5, 5.41) is 4.98. The van der Waals surface area contributed by atoms with Crippen LogP contribution in [0.3, 0.4) is 0 Å². The topological polar surface area (TPSA) is 64.4 Å². The molecule has 0 aliphatic carbocycles. The lowest BCUT2D eigenvalue weighted by atomic mass is 10.1. The number of hydrogen-bond donors (Lipinski definition) is 1. The molecule has 0 radical (unpaired) electrons. The Kier molecular flexibility index (Phi) is 4.59. The number of carbonyl (C=O) groups is 1. The summed E-state index contributed by atoms with van der Waals surface area (Å²) < 4.78 is 11.3. The van der Waals surface area contributed by atoms with E-state index in [1.54, 1.807) is 11.3 Å². The molecule has 2 atom stereocenters. The first kappa shape index (κ1) is 15.2. The molecule has 118 valence electrons. The summed E-state index contributed by atoms with van der Waals surface area (Å²) in [7, 11) is 0. The minimum atomic E-state index is -0.0443. The molecule has 1 fully saturated rings. The van der Waals surface area contributed by atoms with Crippen molar-refractivity contribution in [1.82, 2.24) is 10.3 Å². The maximum absolute atomic E-state index is 12.2. The molecular formula is C16H20N2O3S. The fourth-order valence-electron chi connectivity index (χ4n) is 2.64. The fourth-order valence-corrected chi connectivity index (χ4v) is 3.29. The van der Waals surface area contributed by atoms with Crippen molar-refractivity contribution in [2.24, 2.45) is 0 Å². The number of amides is 1. The van der Waals surface area contributed by atoms with Crippen molar-refractivity contribution in [3.05, 3.63) is 29.0 Å². The first-order chi connectivity index (χ1) is 10.6. The highest BCUT2D eigenvalue weighted by Gasteiger charge is 2.24. The minimum absolute atomic E-state index is 0.0268. The van der Waals surface area contributed by atoms with Crippen molar-refractivity contribution >= 4 is 17.2 Å². The standard InChI is InChI=1S/C16H20N2O3S/c1-10(13-5-3-7-20-13)17-15(19)9-12-11(2)21-16(18-12)14-6-4-8-22-14/h4,6,8,10,13H,3,5,7,9H2,1-2H3,(H,17,19)/t10-,13-/m0/s1. The first-order valence-corrected chi connectivity index (χ1v) is 8.42. The van der Waals surface area contributed by atoms with Crippen LogP contribution in [-0.4, -0.2) is 29.6 Å². The van der Waals surface area contributed by atoms with Crippen molar-refractivity contribution < 1.29 is 13.9 Å². The van der Waals surface area contributed by atoms with Crippen LogP contribution < -0.4 is 5.32 Å². The quantitative estimate of drug-likeness (QED) is 0.920. The molecule has 3 rings (SSSR count). The number of oxazole rings is 1. The van der Waals surface area contributed by atoms with Gasteiger partial charge in [0.05, 0.1) is 29.1 Å². The number of hydrogen-bond acceptors (Lipinski definition) is 5. The monoisotopic (exact) mass is 320 g/mol. The lowest BCUT2D eigenvalue weighted by molar-refractivity contribution is -0.122. The molecule has 1 aliphatic heterocycles. The summed E-state index contributed by atoms with van der Waals surface area (Å²) in [4.78, 5) is 17.6. The molecule has 0 bridgehead atoms. The van der Waals surface area contributed by atoms with Crippen LogP contribution in [0.15, 0.2) is 21.9 Å². The average molecular weight is 320 g/mol. The van der Waals surface area contributed by atoms with Gasteiger partial charge in [-0.15, -0.1) is 11.3 Å². The Bertz CT molecular complexity index is 630. The Labute approximate surface area is 133 Å². The smallest absolute Gasteiger partial charge is 0.236 e. The third kappa shape index (κ3) is 3.39. The molecule has 2 aromatic heterocycles. The van der Waals surface area contributed by atoms with E-state index in [-0.39, 0.29) is 24.5 Å². The second-order valence-corrected chi connectivity index (χ2v) is 6.53. The lowest BCUT2D eigenvalue weighted by Gasteiger charge is -2.19. The van der Waals surface area contributed by atoms with Crippen LogP contribution >= 0.6 is 11.3 Å². The van der Waals surface area contributed by atoms with Crippen molar-refractivity contribution in [2.45, 2.75) is 45.3 Å². The van der Waals surface area contributed by atoms with Crippen molar-refractivity contribution in [1.29, 1.82) is 0 Å². The third-order valence-corrected chi connectivity index (χ3v) is 4.72. The van der Waals surface area contributed by atoms with E-state index >= 15 is 0 Å². The summed E-state index contributed by atoms with van der Waals surface area (Å²) in [6.45, 7) is 4.62. The molecule has 1 saturated heterocycles. The summed E-state index contributed by atoms with van der Waals surface area (Å²) in [6.07, 6.45) is 2.44. The van der Waals surface area contributed by atoms with E-state index in [0.717, 1.165) is 24.3 Å². The summed E-state index contributed by atoms with van der Waals surface area (Å²) in [5.41, 5.74) is 0.695. The highest BCUT2D eigenvalue weighted by molar-refractivity contribution is 7.13. The maximum Gasteiger partial charge on any atom is 0.236 e. The predicted molar refractivity (Wildman–Crippen MR) is 84.8 cm³/mol. The van der Waals surface area contributed by atoms with E-state index in [4.69, 9.17) is 9.15 Å². The van der Waals surface area contributed by atoms with Crippen LogP contribution in [0.25, 0.3) is 10.8 Å². The van der Waals surface area contributed by atoms with Gasteiger partial charge in [0.1, 0.15) is 5.76 Å². The Balaban J connectivity index is 1.61. The van der Waals surface area contributed by atoms with Crippen LogP contribution in [-0.2, 0) is 16.0 Å². The number of nitrogens with zero attached hydrogens (tertiary/aromatic N) is 1. The molecule has 1 amide bonds. The molecule has 1 N–H and O–H groups in total. The largest absolute Gasteiger partial charge is 0.440 e. The molecule has 0 spiro atoms. The van der Waals surface area contributed by atoms with Gasteiger partial charge in [-0.2, -0.15) is 0 Å². The molecule has 0 aromatic carbocycles. The molecule has 3 heterocycles. The van der Waals surface area contributed by atoms with E-state index in [1.165, 1.54) is 0 Å². The van der Waals surface area contributed by atoms with Gasteiger partial charge in [0.15, 0.2) is 0 Å². The van der Waals surface area contributed by atoms with E-state index < -0.39 is 0 Å². The normalized spacial score (nSPS) is 19.3. The van der Waals surface area contributed by atoms with Crippen LogP contribution in [0, 0.1) is 6.92 Å². The van der Waals surface area contributed by atoms with Gasteiger partial charge in [0.2, 0.25) is 11.8 Å². The second-order valence-electron chi connectivity index (χ2n) is 5.58. The predicted octanol–water partition coefficient (Wildman–Crippen LogP) is 2.94. The van der Waals surface area contributed by atoms with Gasteiger partial charge in [0.25, 0.3) is 0 Å². The Morgan fingerprint density at radius 3 is 3.14 bits per heavy atom. The van der Waals surface area contributed by atoms with Gasteiger partial charge in [-0.05, 0) is 38.1 Å². The van der Waals surface area contributed by atoms with Crippen molar-refractivity contribution in [3.63, 3.8) is 0 Å². The van der Waals surface area contributed by atoms with Gasteiger partial charge in [0, 0.05) is 6.61 Å². The average Bonchev–Trinajstić information content (AvgIpc) is 3.19. The highest BCUT2D eigenvalue weighted by Crippen LogP contribution is 2.26. The SMILES string of the molecule is Cc1oc(-c2cccs2)nc1CC(=O)N[C@@H](C)[C@@H]1CCCO1. The van der Waals surface area contributed by atoms with Gasteiger partial charge in [-0.3, -0.25) is 4.79 Å². The zero-order chi connectivity index (χ0) is 15.5. The lowest BCUT2D eigenvalue weighted by Crippen LogP contribution is -2.41. The zero-order valence-electron chi connectivity index (χ0n) is 12.8. The second kappa shape index (κ2) is 6.62. The molecule has 6 heteroatoms. The molecule has 5 nitrogen and oxygen atoms in total. The summed E-state index contributed by atoms with van der Waals surface area (Å²) in [6, 6.07) is 3.94. The zero-order valence-corrected chi connectivity index (χ0v) is 13.6. The number of ether oxygens (including phenoxy) is 1. The number of aromatic nitrogens is 1. The molecular weight excluding hydrogens is 300 g/mol. The molecule has 2 aromatic rings. The number of rotatable bonds is 5. The van der Waals surface area contributed by atoms with Crippen molar-refractivity contribution in [3.8, 4) is 10.8 Å². The first-order valence-electron chi connectivity index (χ1n) is 7.54. The van der Waals surface area contributed by atoms with E-state index in [2.05, 4.69) is 10.3 Å². The van der Waals surface area contributed by atoms with E-state index in [1.807, 2.05) is 31.4 Å². The van der Waals surface area contributed by atoms with E-state index in [9.17, 15) is 4.79 Å². The van der Waals surface area contributed by atoms with Gasteiger partial charge >= 0.3 is 0 Å². The van der Waals surface area contributed by atoms with Gasteiger partial charge in [-0.1, -0.05) is 6.07 Å². The maximum atomic E-state index is 12.2. The summed E-state index contributed by atoms with van der Waals surface area (Å²) in [5.74, 6) is 1.24. The van der Waals surface area contributed by atoms with Crippen molar-refractivity contribution in [2.75, 3.05) is 6.61 Å². The third-order valence-electron chi connectivity index (χ3n) is 3.86. The molecule has 22 heavy (non-hydrogen) atoms. The molecule has 0 saturated carbocycles. The minimum Gasteiger partial charge on any atom is -0.440 e. The number of aryl methyl sites for hydroxylation is 1. The number of carbonyl (C=O) groups excluding carboxylic acids is 1. The highest BCUT2D eigenvalue weighted by atomic mass is 32.1. The number of nitrogens with one attached hydrogen (secondary N) is 1. The molecule has 1 aliphatic rings. The van der Waals surface area contributed by atoms with Crippen LogP contribution in [0.1, 0.15) is 31.2 Å².